The number of halogens is 4. The molecule has 0 saturated heterocycles. The Bertz CT molecular complexity index is 1960. The minimum Gasteiger partial charge on any atom is -0.481 e. The highest BCUT2D eigenvalue weighted by Gasteiger charge is 2.32. The van der Waals surface area contributed by atoms with E-state index in [1.165, 1.54) is 36.9 Å². The summed E-state index contributed by atoms with van der Waals surface area (Å²) < 4.78 is 81.8. The standard InChI is InChI=1S/C27H21ClF3N7O5S/c1-15(25-36-37-26(43-25)16-10-11-32-21(12-16)41-2)22(42-14-27(29,30)31)24-35-34-23(38(24)20-7-5-4-6-18(20)28)19-9-8-17(13-33-19)44(3,39)40/h4-13H,14H2,1-3H3. The van der Waals surface area contributed by atoms with Crippen molar-refractivity contribution < 1.29 is 35.5 Å². The van der Waals surface area contributed by atoms with Crippen LogP contribution in [0.25, 0.3) is 40.0 Å². The molecule has 1 aromatic carbocycles. The van der Waals surface area contributed by atoms with Gasteiger partial charge in [0.25, 0.3) is 0 Å². The summed E-state index contributed by atoms with van der Waals surface area (Å²) in [5.74, 6) is -0.408. The van der Waals surface area contributed by atoms with Crippen LogP contribution in [0.5, 0.6) is 5.88 Å². The second kappa shape index (κ2) is 12.0. The summed E-state index contributed by atoms with van der Waals surface area (Å²) in [6.45, 7) is -0.269. The fourth-order valence-electron chi connectivity index (χ4n) is 3.93. The van der Waals surface area contributed by atoms with Gasteiger partial charge in [0.15, 0.2) is 28.0 Å². The Morgan fingerprint density at radius 3 is 2.48 bits per heavy atom. The van der Waals surface area contributed by atoms with E-state index >= 15 is 0 Å². The zero-order valence-corrected chi connectivity index (χ0v) is 24.6. The van der Waals surface area contributed by atoms with E-state index in [1.807, 2.05) is 0 Å². The molecule has 5 aromatic rings. The predicted octanol–water partition coefficient (Wildman–Crippen LogP) is 5.31. The molecule has 228 valence electrons. The van der Waals surface area contributed by atoms with Crippen LogP contribution in [0.2, 0.25) is 5.02 Å². The first-order chi connectivity index (χ1) is 20.9. The second-order valence-corrected chi connectivity index (χ2v) is 11.6. The number of aromatic nitrogens is 7. The summed E-state index contributed by atoms with van der Waals surface area (Å²) in [7, 11) is -2.13. The summed E-state index contributed by atoms with van der Waals surface area (Å²) in [5, 5.41) is 16.5. The number of allylic oxidation sites excluding steroid dienone is 1. The SMILES string of the molecule is COc1cc(-c2nnc(C(C)=C(OCC(F)(F)F)c3nnc(-c4ccc(S(C)(=O)=O)cn4)n3-c3ccccc3Cl)o2)ccn1. The Balaban J connectivity index is 1.70. The van der Waals surface area contributed by atoms with Crippen molar-refractivity contribution in [3.63, 3.8) is 0 Å². The van der Waals surface area contributed by atoms with Gasteiger partial charge in [-0.1, -0.05) is 23.7 Å². The number of rotatable bonds is 9. The van der Waals surface area contributed by atoms with Gasteiger partial charge in [-0.05, 0) is 37.3 Å². The minimum atomic E-state index is -4.72. The lowest BCUT2D eigenvalue weighted by atomic mass is 10.2. The van der Waals surface area contributed by atoms with Crippen LogP contribution in [0.3, 0.4) is 0 Å². The molecule has 0 aliphatic heterocycles. The third-order valence-corrected chi connectivity index (χ3v) is 7.43. The highest BCUT2D eigenvalue weighted by Crippen LogP contribution is 2.35. The van der Waals surface area contributed by atoms with Gasteiger partial charge in [0, 0.05) is 30.3 Å². The van der Waals surface area contributed by atoms with Crippen LogP contribution in [-0.2, 0) is 14.6 Å². The first kappa shape index (κ1) is 30.6. The van der Waals surface area contributed by atoms with Crippen molar-refractivity contribution in [2.45, 2.75) is 18.0 Å². The maximum Gasteiger partial charge on any atom is 0.422 e. The maximum absolute atomic E-state index is 13.4. The number of pyridine rings is 2. The van der Waals surface area contributed by atoms with E-state index in [-0.39, 0.29) is 56.2 Å². The van der Waals surface area contributed by atoms with E-state index in [2.05, 4.69) is 30.4 Å². The van der Waals surface area contributed by atoms with Crippen LogP contribution in [0.1, 0.15) is 18.6 Å². The van der Waals surface area contributed by atoms with Crippen molar-refractivity contribution in [1.29, 1.82) is 0 Å². The predicted molar refractivity (Wildman–Crippen MR) is 151 cm³/mol. The molecule has 5 rings (SSSR count). The maximum atomic E-state index is 13.4. The Hall–Kier alpha value is -4.83. The van der Waals surface area contributed by atoms with E-state index in [1.54, 1.807) is 36.4 Å². The topological polar surface area (TPSA) is 148 Å². The summed E-state index contributed by atoms with van der Waals surface area (Å²) in [6, 6.07) is 12.3. The Kier molecular flexibility index (Phi) is 8.38. The van der Waals surface area contributed by atoms with Gasteiger partial charge in [0.05, 0.1) is 28.3 Å². The molecule has 0 N–H and O–H groups in total. The molecule has 0 bridgehead atoms. The molecule has 0 aliphatic rings. The number of methoxy groups -OCH3 is 1. The number of alkyl halides is 3. The molecule has 17 heteroatoms. The van der Waals surface area contributed by atoms with Gasteiger partial charge >= 0.3 is 6.18 Å². The van der Waals surface area contributed by atoms with Crippen LogP contribution in [0, 0.1) is 0 Å². The molecule has 12 nitrogen and oxygen atoms in total. The molecule has 0 aliphatic carbocycles. The lowest BCUT2D eigenvalue weighted by molar-refractivity contribution is -0.158. The Labute approximate surface area is 253 Å². The van der Waals surface area contributed by atoms with Gasteiger partial charge in [-0.15, -0.1) is 20.4 Å². The first-order valence-corrected chi connectivity index (χ1v) is 14.7. The molecule has 4 aromatic heterocycles. The van der Waals surface area contributed by atoms with E-state index in [9.17, 15) is 21.6 Å². The van der Waals surface area contributed by atoms with Crippen molar-refractivity contribution in [3.8, 4) is 34.5 Å². The molecular weight excluding hydrogens is 627 g/mol. The second-order valence-electron chi connectivity index (χ2n) is 9.14. The lowest BCUT2D eigenvalue weighted by Gasteiger charge is -2.17. The van der Waals surface area contributed by atoms with Crippen LogP contribution in [0.15, 0.2) is 70.2 Å². The normalized spacial score (nSPS) is 12.6. The molecule has 44 heavy (non-hydrogen) atoms. The highest BCUT2D eigenvalue weighted by molar-refractivity contribution is 7.90. The van der Waals surface area contributed by atoms with Crippen LogP contribution in [0.4, 0.5) is 13.2 Å². The zero-order valence-electron chi connectivity index (χ0n) is 23.1. The molecule has 0 spiro atoms. The summed E-state index contributed by atoms with van der Waals surface area (Å²) in [5.41, 5.74) is 0.873. The highest BCUT2D eigenvalue weighted by atomic mass is 35.5. The fourth-order valence-corrected chi connectivity index (χ4v) is 4.71. The third-order valence-electron chi connectivity index (χ3n) is 6.01. The number of nitrogens with zero attached hydrogens (tertiary/aromatic N) is 7. The van der Waals surface area contributed by atoms with E-state index in [0.717, 1.165) is 12.5 Å². The lowest BCUT2D eigenvalue weighted by Crippen LogP contribution is -2.18. The molecule has 0 saturated carbocycles. The molecule has 0 amide bonds. The zero-order chi connectivity index (χ0) is 31.6. The van der Waals surface area contributed by atoms with E-state index in [0.29, 0.717) is 5.56 Å². The van der Waals surface area contributed by atoms with Gasteiger partial charge in [0.2, 0.25) is 23.5 Å². The largest absolute Gasteiger partial charge is 0.481 e. The Morgan fingerprint density at radius 1 is 1.05 bits per heavy atom. The smallest absolute Gasteiger partial charge is 0.422 e. The number of sulfone groups is 1. The number of para-hydroxylation sites is 1. The van der Waals surface area contributed by atoms with Crippen molar-refractivity contribution in [2.24, 2.45) is 0 Å². The molecule has 4 heterocycles. The van der Waals surface area contributed by atoms with Crippen LogP contribution >= 0.6 is 11.6 Å². The summed E-state index contributed by atoms with van der Waals surface area (Å²) in [4.78, 5) is 8.18. The van der Waals surface area contributed by atoms with Gasteiger partial charge in [0.1, 0.15) is 5.69 Å². The van der Waals surface area contributed by atoms with Gasteiger partial charge in [-0.2, -0.15) is 13.2 Å². The first-order valence-electron chi connectivity index (χ1n) is 12.5. The molecule has 0 radical (unpaired) electrons. The minimum absolute atomic E-state index is 0.00154. The quantitative estimate of drug-likeness (QED) is 0.192. The van der Waals surface area contributed by atoms with Crippen molar-refractivity contribution in [2.75, 3.05) is 20.0 Å². The monoisotopic (exact) mass is 647 g/mol. The average molecular weight is 648 g/mol. The number of benzene rings is 1. The number of hydrogen-bond donors (Lipinski definition) is 0. The van der Waals surface area contributed by atoms with Gasteiger partial charge in [-0.3, -0.25) is 9.55 Å². The van der Waals surface area contributed by atoms with Crippen molar-refractivity contribution in [1.82, 2.24) is 34.9 Å². The van der Waals surface area contributed by atoms with Gasteiger partial charge < -0.3 is 13.9 Å². The van der Waals surface area contributed by atoms with Gasteiger partial charge in [-0.25, -0.2) is 13.4 Å². The van der Waals surface area contributed by atoms with E-state index < -0.39 is 28.4 Å². The van der Waals surface area contributed by atoms with Crippen molar-refractivity contribution in [3.05, 3.63) is 77.7 Å². The molecule has 0 fully saturated rings. The third kappa shape index (κ3) is 6.55. The van der Waals surface area contributed by atoms with E-state index in [4.69, 9.17) is 25.5 Å². The molecule has 0 atom stereocenters. The van der Waals surface area contributed by atoms with Crippen LogP contribution < -0.4 is 4.74 Å². The number of ether oxygens (including phenoxy) is 2. The summed E-state index contributed by atoms with van der Waals surface area (Å²) >= 11 is 6.51. The Morgan fingerprint density at radius 2 is 1.82 bits per heavy atom. The molecule has 0 unspecified atom stereocenters. The van der Waals surface area contributed by atoms with Crippen LogP contribution in [-0.4, -0.2) is 69.5 Å². The molecular formula is C27H21ClF3N7O5S. The van der Waals surface area contributed by atoms with Crippen molar-refractivity contribution >= 4 is 32.8 Å². The average Bonchev–Trinajstić information content (AvgIpc) is 3.65. The number of hydrogen-bond acceptors (Lipinski definition) is 11. The fraction of sp³-hybridized carbons (Fsp3) is 0.185. The summed E-state index contributed by atoms with van der Waals surface area (Å²) in [6.07, 6.45) is -1.10.